The largest absolute Gasteiger partial charge is 0.444 e. The molecule has 3 heterocycles. The van der Waals surface area contributed by atoms with Gasteiger partial charge in [-0.05, 0) is 51.6 Å². The molecule has 0 N–H and O–H groups in total. The second-order valence-electron chi connectivity index (χ2n) is 4.26. The van der Waals surface area contributed by atoms with Gasteiger partial charge in [0, 0.05) is 11.1 Å². The van der Waals surface area contributed by atoms with Crippen molar-refractivity contribution in [2.24, 2.45) is 0 Å². The van der Waals surface area contributed by atoms with Gasteiger partial charge in [-0.1, -0.05) is 12.1 Å². The molecule has 106 valence electrons. The van der Waals surface area contributed by atoms with E-state index in [4.69, 9.17) is 4.42 Å². The lowest BCUT2D eigenvalue weighted by molar-refractivity contribution is 0.0956. The Labute approximate surface area is 134 Å². The molecule has 0 aliphatic rings. The molecule has 21 heavy (non-hydrogen) atoms. The number of hydrogen-bond acceptors (Lipinski definition) is 4. The van der Waals surface area contributed by atoms with Gasteiger partial charge >= 0.3 is 0 Å². The molecule has 0 unspecified atom stereocenters. The Morgan fingerprint density at radius 1 is 1.24 bits per heavy atom. The summed E-state index contributed by atoms with van der Waals surface area (Å²) in [7, 11) is 0. The Balaban J connectivity index is 1.94. The van der Waals surface area contributed by atoms with Crippen LogP contribution in [0.25, 0.3) is 0 Å². The Bertz CT molecular complexity index is 725. The van der Waals surface area contributed by atoms with Crippen molar-refractivity contribution in [3.05, 3.63) is 69.3 Å². The number of halogens is 1. The quantitative estimate of drug-likeness (QED) is 0.693. The smallest absolute Gasteiger partial charge is 0.295 e. The molecular formula is C15H11BrN2O2S. The van der Waals surface area contributed by atoms with Crippen molar-refractivity contribution in [3.63, 3.8) is 0 Å². The number of carbonyl (C=O) groups is 1. The summed E-state index contributed by atoms with van der Waals surface area (Å²) >= 11 is 4.82. The highest BCUT2D eigenvalue weighted by molar-refractivity contribution is 9.10. The fraction of sp³-hybridized carbons (Fsp3) is 0.0667. The van der Waals surface area contributed by atoms with Crippen molar-refractivity contribution in [2.45, 2.75) is 6.54 Å². The zero-order valence-electron chi connectivity index (χ0n) is 10.9. The maximum atomic E-state index is 12.7. The van der Waals surface area contributed by atoms with E-state index in [1.807, 2.05) is 35.7 Å². The van der Waals surface area contributed by atoms with Crippen molar-refractivity contribution in [2.75, 3.05) is 4.90 Å². The fourth-order valence-electron chi connectivity index (χ4n) is 1.89. The third-order valence-corrected chi connectivity index (χ3v) is 4.14. The van der Waals surface area contributed by atoms with Gasteiger partial charge in [0.05, 0.1) is 6.54 Å². The molecule has 0 atom stereocenters. The van der Waals surface area contributed by atoms with Gasteiger partial charge < -0.3 is 4.42 Å². The van der Waals surface area contributed by atoms with E-state index in [-0.39, 0.29) is 11.7 Å². The van der Waals surface area contributed by atoms with Crippen LogP contribution in [0.15, 0.2) is 63.1 Å². The molecule has 3 rings (SSSR count). The van der Waals surface area contributed by atoms with Gasteiger partial charge in [-0.2, -0.15) is 0 Å². The van der Waals surface area contributed by atoms with Crippen molar-refractivity contribution in [3.8, 4) is 0 Å². The summed E-state index contributed by atoms with van der Waals surface area (Å²) in [5, 5.41) is 1.99. The van der Waals surface area contributed by atoms with Crippen LogP contribution in [0, 0.1) is 0 Å². The zero-order valence-corrected chi connectivity index (χ0v) is 13.3. The fourth-order valence-corrected chi connectivity index (χ4v) is 2.89. The normalized spacial score (nSPS) is 10.5. The maximum absolute atomic E-state index is 12.7. The number of nitrogens with zero attached hydrogens (tertiary/aromatic N) is 2. The predicted octanol–water partition coefficient (Wildman–Crippen LogP) is 4.35. The summed E-state index contributed by atoms with van der Waals surface area (Å²) in [6.07, 6.45) is 1.67. The molecule has 0 spiro atoms. The standard InChI is InChI=1S/C15H11BrN2O2S/c16-13-7-6-12(20-13)15(19)18(10-11-4-3-9-21-11)14-5-1-2-8-17-14/h1-9H,10H2. The molecule has 0 aromatic carbocycles. The van der Waals surface area contributed by atoms with E-state index >= 15 is 0 Å². The molecule has 0 radical (unpaired) electrons. The number of amides is 1. The van der Waals surface area contributed by atoms with Gasteiger partial charge in [0.1, 0.15) is 5.82 Å². The molecule has 0 saturated carbocycles. The van der Waals surface area contributed by atoms with E-state index in [0.29, 0.717) is 17.0 Å². The highest BCUT2D eigenvalue weighted by atomic mass is 79.9. The number of anilines is 1. The first-order valence-corrected chi connectivity index (χ1v) is 7.92. The van der Waals surface area contributed by atoms with Gasteiger partial charge in [-0.25, -0.2) is 4.98 Å². The van der Waals surface area contributed by atoms with Crippen molar-refractivity contribution < 1.29 is 9.21 Å². The molecule has 0 aliphatic carbocycles. The molecule has 0 aliphatic heterocycles. The number of hydrogen-bond donors (Lipinski definition) is 0. The molecule has 3 aromatic rings. The lowest BCUT2D eigenvalue weighted by Gasteiger charge is -2.19. The molecule has 6 heteroatoms. The molecule has 0 fully saturated rings. The van der Waals surface area contributed by atoms with Gasteiger partial charge in [0.25, 0.3) is 5.91 Å². The first-order chi connectivity index (χ1) is 10.2. The Morgan fingerprint density at radius 2 is 2.14 bits per heavy atom. The van der Waals surface area contributed by atoms with E-state index in [0.717, 1.165) is 4.88 Å². The van der Waals surface area contributed by atoms with Crippen LogP contribution in [-0.2, 0) is 6.54 Å². The minimum absolute atomic E-state index is 0.215. The molecule has 0 bridgehead atoms. The van der Waals surface area contributed by atoms with E-state index in [1.54, 1.807) is 34.6 Å². The third-order valence-electron chi connectivity index (χ3n) is 2.85. The van der Waals surface area contributed by atoms with Gasteiger partial charge in [0.2, 0.25) is 0 Å². The van der Waals surface area contributed by atoms with E-state index < -0.39 is 0 Å². The number of thiophene rings is 1. The second kappa shape index (κ2) is 6.24. The SMILES string of the molecule is O=C(c1ccc(Br)o1)N(Cc1cccs1)c1ccccn1. The Morgan fingerprint density at radius 3 is 2.76 bits per heavy atom. The van der Waals surface area contributed by atoms with Crippen LogP contribution in [0.3, 0.4) is 0 Å². The highest BCUT2D eigenvalue weighted by Gasteiger charge is 2.22. The molecule has 3 aromatic heterocycles. The second-order valence-corrected chi connectivity index (χ2v) is 6.08. The minimum Gasteiger partial charge on any atom is -0.444 e. The summed E-state index contributed by atoms with van der Waals surface area (Å²) in [4.78, 5) is 19.6. The van der Waals surface area contributed by atoms with E-state index in [1.165, 1.54) is 0 Å². The topological polar surface area (TPSA) is 46.3 Å². The molecule has 0 saturated heterocycles. The van der Waals surface area contributed by atoms with Gasteiger partial charge in [-0.3, -0.25) is 9.69 Å². The lowest BCUT2D eigenvalue weighted by atomic mass is 10.3. The summed E-state index contributed by atoms with van der Waals surface area (Å²) in [5.74, 6) is 0.667. The Hall–Kier alpha value is -1.92. The van der Waals surface area contributed by atoms with Crippen molar-refractivity contribution in [1.29, 1.82) is 0 Å². The average molecular weight is 363 g/mol. The average Bonchev–Trinajstić information content (AvgIpc) is 3.16. The van der Waals surface area contributed by atoms with Crippen LogP contribution in [-0.4, -0.2) is 10.9 Å². The Kier molecular flexibility index (Phi) is 4.17. The highest BCUT2D eigenvalue weighted by Crippen LogP contribution is 2.22. The predicted molar refractivity (Wildman–Crippen MR) is 85.5 cm³/mol. The molecule has 4 nitrogen and oxygen atoms in total. The number of furan rings is 1. The van der Waals surface area contributed by atoms with Crippen LogP contribution >= 0.6 is 27.3 Å². The number of carbonyl (C=O) groups excluding carboxylic acids is 1. The van der Waals surface area contributed by atoms with Gasteiger partial charge in [0.15, 0.2) is 10.4 Å². The lowest BCUT2D eigenvalue weighted by Crippen LogP contribution is -2.30. The van der Waals surface area contributed by atoms with Crippen LogP contribution in [0.1, 0.15) is 15.4 Å². The summed E-state index contributed by atoms with van der Waals surface area (Å²) in [5.41, 5.74) is 0. The van der Waals surface area contributed by atoms with Crippen molar-refractivity contribution in [1.82, 2.24) is 4.98 Å². The monoisotopic (exact) mass is 362 g/mol. The first kappa shape index (κ1) is 14.0. The van der Waals surface area contributed by atoms with Gasteiger partial charge in [-0.15, -0.1) is 11.3 Å². The van der Waals surface area contributed by atoms with Crippen molar-refractivity contribution >= 4 is 39.0 Å². The van der Waals surface area contributed by atoms with E-state index in [9.17, 15) is 4.79 Å². The molecular weight excluding hydrogens is 352 g/mol. The van der Waals surface area contributed by atoms with E-state index in [2.05, 4.69) is 20.9 Å². The number of rotatable bonds is 4. The van der Waals surface area contributed by atoms with Crippen LogP contribution in [0.2, 0.25) is 0 Å². The third kappa shape index (κ3) is 3.22. The molecule has 1 amide bonds. The van der Waals surface area contributed by atoms with Crippen LogP contribution in [0.4, 0.5) is 5.82 Å². The first-order valence-electron chi connectivity index (χ1n) is 6.24. The maximum Gasteiger partial charge on any atom is 0.295 e. The summed E-state index contributed by atoms with van der Waals surface area (Å²) in [6, 6.07) is 12.8. The summed E-state index contributed by atoms with van der Waals surface area (Å²) in [6.45, 7) is 0.464. The summed E-state index contributed by atoms with van der Waals surface area (Å²) < 4.78 is 5.90. The van der Waals surface area contributed by atoms with Crippen LogP contribution in [0.5, 0.6) is 0 Å². The zero-order chi connectivity index (χ0) is 14.7. The van der Waals surface area contributed by atoms with Crippen LogP contribution < -0.4 is 4.90 Å². The minimum atomic E-state index is -0.215. The number of pyridine rings is 1. The number of aromatic nitrogens is 1.